The maximum Gasteiger partial charge on any atom is 0.133 e. The fraction of sp³-hybridized carbons (Fsp3) is 0.786. The van der Waals surface area contributed by atoms with Gasteiger partial charge in [-0.25, -0.2) is 0 Å². The summed E-state index contributed by atoms with van der Waals surface area (Å²) < 4.78 is 0. The van der Waals surface area contributed by atoms with Crippen LogP contribution >= 0.6 is 0 Å². The number of allylic oxidation sites excluding steroid dienone is 2. The number of Topliss-reactive ketones (excluding diaryl/α,β-unsaturated/α-hetero) is 1. The van der Waals surface area contributed by atoms with Crippen LogP contribution in [0.15, 0.2) is 12.2 Å². The molecule has 0 amide bonds. The molecule has 1 fully saturated rings. The molecule has 0 saturated heterocycles. The van der Waals surface area contributed by atoms with Crippen LogP contribution in [0.25, 0.3) is 0 Å². The first-order valence-corrected chi connectivity index (χ1v) is 6.51. The standard InChI is InChI=1S/C14H24O/c1-2-3-4-5-6-7-9-13-10-8-11-14(15)12-13/h7,9,13H,2-6,8,10-12H2,1H3/b9-7+/t13-/m1/s1. The predicted octanol–water partition coefficient (Wildman–Crippen LogP) is 4.27. The number of hydrogen-bond donors (Lipinski definition) is 0. The normalized spacial score (nSPS) is 22.5. The fourth-order valence-corrected chi connectivity index (χ4v) is 2.20. The molecule has 15 heavy (non-hydrogen) atoms. The molecule has 1 atom stereocenters. The highest BCUT2D eigenvalue weighted by molar-refractivity contribution is 5.79. The quantitative estimate of drug-likeness (QED) is 0.470. The highest BCUT2D eigenvalue weighted by Gasteiger charge is 2.16. The Morgan fingerprint density at radius 2 is 2.20 bits per heavy atom. The van der Waals surface area contributed by atoms with E-state index in [1.807, 2.05) is 0 Å². The van der Waals surface area contributed by atoms with Crippen molar-refractivity contribution in [3.8, 4) is 0 Å². The minimum atomic E-state index is 0.460. The molecular formula is C14H24O. The fourth-order valence-electron chi connectivity index (χ4n) is 2.20. The van der Waals surface area contributed by atoms with Crippen molar-refractivity contribution in [1.29, 1.82) is 0 Å². The van der Waals surface area contributed by atoms with Gasteiger partial charge in [0.15, 0.2) is 0 Å². The summed E-state index contributed by atoms with van der Waals surface area (Å²) in [5.41, 5.74) is 0. The van der Waals surface area contributed by atoms with Gasteiger partial charge >= 0.3 is 0 Å². The molecule has 1 nitrogen and oxygen atoms in total. The second-order valence-corrected chi connectivity index (χ2v) is 4.67. The van der Waals surface area contributed by atoms with Crippen LogP contribution in [0.5, 0.6) is 0 Å². The third-order valence-corrected chi connectivity index (χ3v) is 3.15. The summed E-state index contributed by atoms with van der Waals surface area (Å²) in [6, 6.07) is 0. The molecule has 0 aromatic carbocycles. The van der Waals surface area contributed by atoms with E-state index in [1.165, 1.54) is 38.5 Å². The van der Waals surface area contributed by atoms with Gasteiger partial charge in [0.25, 0.3) is 0 Å². The summed E-state index contributed by atoms with van der Waals surface area (Å²) in [6.45, 7) is 2.24. The van der Waals surface area contributed by atoms with E-state index >= 15 is 0 Å². The molecule has 1 aliphatic carbocycles. The molecule has 1 rings (SSSR count). The van der Waals surface area contributed by atoms with Crippen LogP contribution in [-0.4, -0.2) is 5.78 Å². The minimum Gasteiger partial charge on any atom is -0.300 e. The van der Waals surface area contributed by atoms with Gasteiger partial charge < -0.3 is 0 Å². The molecule has 1 aliphatic rings. The van der Waals surface area contributed by atoms with Gasteiger partial charge in [-0.15, -0.1) is 0 Å². The molecule has 0 aliphatic heterocycles. The van der Waals surface area contributed by atoms with E-state index in [0.29, 0.717) is 11.7 Å². The van der Waals surface area contributed by atoms with Crippen molar-refractivity contribution in [2.24, 2.45) is 5.92 Å². The molecule has 0 spiro atoms. The number of ketones is 1. The Kier molecular flexibility index (Phi) is 6.38. The summed E-state index contributed by atoms with van der Waals surface area (Å²) in [4.78, 5) is 11.2. The lowest BCUT2D eigenvalue weighted by molar-refractivity contribution is -0.121. The van der Waals surface area contributed by atoms with E-state index in [1.54, 1.807) is 0 Å². The van der Waals surface area contributed by atoms with Gasteiger partial charge in [0.2, 0.25) is 0 Å². The van der Waals surface area contributed by atoms with Gasteiger partial charge in [0.1, 0.15) is 5.78 Å². The maximum atomic E-state index is 11.2. The third-order valence-electron chi connectivity index (χ3n) is 3.15. The maximum absolute atomic E-state index is 11.2. The van der Waals surface area contributed by atoms with Crippen molar-refractivity contribution < 1.29 is 4.79 Å². The SMILES string of the molecule is CCCCCC/C=C/[C@@H]1CCCC(=O)C1. The lowest BCUT2D eigenvalue weighted by atomic mass is 9.88. The Bertz CT molecular complexity index is 205. The average Bonchev–Trinajstić information content (AvgIpc) is 2.23. The Morgan fingerprint density at radius 1 is 1.33 bits per heavy atom. The van der Waals surface area contributed by atoms with Gasteiger partial charge in [-0.05, 0) is 31.6 Å². The number of carbonyl (C=O) groups is 1. The number of rotatable bonds is 6. The second-order valence-electron chi connectivity index (χ2n) is 4.67. The monoisotopic (exact) mass is 208 g/mol. The molecule has 0 radical (unpaired) electrons. The van der Waals surface area contributed by atoms with Crippen LogP contribution in [0.2, 0.25) is 0 Å². The number of unbranched alkanes of at least 4 members (excludes halogenated alkanes) is 4. The van der Waals surface area contributed by atoms with Crippen LogP contribution in [0.3, 0.4) is 0 Å². The van der Waals surface area contributed by atoms with Gasteiger partial charge in [-0.2, -0.15) is 0 Å². The smallest absolute Gasteiger partial charge is 0.133 e. The molecule has 0 N–H and O–H groups in total. The van der Waals surface area contributed by atoms with Crippen LogP contribution in [0.4, 0.5) is 0 Å². The van der Waals surface area contributed by atoms with Crippen molar-refractivity contribution in [1.82, 2.24) is 0 Å². The van der Waals surface area contributed by atoms with Crippen LogP contribution < -0.4 is 0 Å². The second kappa shape index (κ2) is 7.67. The lowest BCUT2D eigenvalue weighted by Gasteiger charge is -2.16. The third kappa shape index (κ3) is 5.76. The molecule has 86 valence electrons. The first-order chi connectivity index (χ1) is 7.33. The Labute approximate surface area is 93.9 Å². The molecule has 0 aromatic rings. The lowest BCUT2D eigenvalue weighted by Crippen LogP contribution is -2.12. The summed E-state index contributed by atoms with van der Waals surface area (Å²) in [6.07, 6.45) is 15.0. The molecule has 0 unspecified atom stereocenters. The first kappa shape index (κ1) is 12.5. The highest BCUT2D eigenvalue weighted by Crippen LogP contribution is 2.22. The van der Waals surface area contributed by atoms with Crippen LogP contribution in [0.1, 0.15) is 64.7 Å². The van der Waals surface area contributed by atoms with E-state index in [2.05, 4.69) is 19.1 Å². The molecule has 0 bridgehead atoms. The Morgan fingerprint density at radius 3 is 2.93 bits per heavy atom. The summed E-state index contributed by atoms with van der Waals surface area (Å²) in [7, 11) is 0. The van der Waals surface area contributed by atoms with Crippen molar-refractivity contribution in [2.75, 3.05) is 0 Å². The molecule has 0 aromatic heterocycles. The number of hydrogen-bond acceptors (Lipinski definition) is 1. The molecule has 1 heteroatoms. The van der Waals surface area contributed by atoms with Crippen molar-refractivity contribution in [3.63, 3.8) is 0 Å². The van der Waals surface area contributed by atoms with E-state index in [-0.39, 0.29) is 0 Å². The topological polar surface area (TPSA) is 17.1 Å². The summed E-state index contributed by atoms with van der Waals surface area (Å²) >= 11 is 0. The zero-order chi connectivity index (χ0) is 10.9. The van der Waals surface area contributed by atoms with Crippen molar-refractivity contribution in [3.05, 3.63) is 12.2 Å². The predicted molar refractivity (Wildman–Crippen MR) is 64.9 cm³/mol. The Balaban J connectivity index is 2.06. The minimum absolute atomic E-state index is 0.460. The molecule has 1 saturated carbocycles. The molecular weight excluding hydrogens is 184 g/mol. The number of carbonyl (C=O) groups excluding carboxylic acids is 1. The van der Waals surface area contributed by atoms with E-state index in [9.17, 15) is 4.79 Å². The van der Waals surface area contributed by atoms with Gasteiger partial charge in [-0.3, -0.25) is 4.79 Å². The van der Waals surface area contributed by atoms with Crippen LogP contribution in [-0.2, 0) is 4.79 Å². The van der Waals surface area contributed by atoms with E-state index in [4.69, 9.17) is 0 Å². The van der Waals surface area contributed by atoms with Gasteiger partial charge in [0.05, 0.1) is 0 Å². The van der Waals surface area contributed by atoms with Crippen molar-refractivity contribution in [2.45, 2.75) is 64.7 Å². The molecule has 0 heterocycles. The first-order valence-electron chi connectivity index (χ1n) is 6.51. The van der Waals surface area contributed by atoms with Crippen molar-refractivity contribution >= 4 is 5.78 Å². The van der Waals surface area contributed by atoms with Gasteiger partial charge in [-0.1, -0.05) is 38.3 Å². The highest BCUT2D eigenvalue weighted by atomic mass is 16.1. The van der Waals surface area contributed by atoms with Crippen LogP contribution in [0, 0.1) is 5.92 Å². The largest absolute Gasteiger partial charge is 0.300 e. The van der Waals surface area contributed by atoms with E-state index < -0.39 is 0 Å². The summed E-state index contributed by atoms with van der Waals surface area (Å²) in [5, 5.41) is 0. The zero-order valence-corrected chi connectivity index (χ0v) is 10.0. The Hall–Kier alpha value is -0.590. The zero-order valence-electron chi connectivity index (χ0n) is 10.0. The summed E-state index contributed by atoms with van der Waals surface area (Å²) in [5.74, 6) is 1.01. The van der Waals surface area contributed by atoms with E-state index in [0.717, 1.165) is 19.3 Å². The average molecular weight is 208 g/mol. The van der Waals surface area contributed by atoms with Gasteiger partial charge in [0, 0.05) is 12.8 Å².